The van der Waals surface area contributed by atoms with E-state index in [2.05, 4.69) is 0 Å². The minimum absolute atomic E-state index is 0.126. The molecule has 0 aliphatic heterocycles. The number of aryl methyl sites for hydroxylation is 3. The Morgan fingerprint density at radius 1 is 0.815 bits per heavy atom. The van der Waals surface area contributed by atoms with Crippen LogP contribution in [0.1, 0.15) is 22.3 Å². The summed E-state index contributed by atoms with van der Waals surface area (Å²) in [6.45, 7) is 5.85. The fourth-order valence-electron chi connectivity index (χ4n) is 2.88. The first-order valence-corrected chi connectivity index (χ1v) is 10.1. The van der Waals surface area contributed by atoms with Crippen LogP contribution in [0.2, 0.25) is 0 Å². The lowest BCUT2D eigenvalue weighted by molar-refractivity contribution is 0.590. The molecule has 3 rings (SSSR count). The molecule has 0 aliphatic carbocycles. The van der Waals surface area contributed by atoms with E-state index in [-0.39, 0.29) is 17.3 Å². The minimum atomic E-state index is -3.78. The third-order valence-electron chi connectivity index (χ3n) is 4.48. The van der Waals surface area contributed by atoms with Gasteiger partial charge in [-0.3, -0.25) is 4.31 Å². The Hall–Kier alpha value is -2.66. The summed E-state index contributed by atoms with van der Waals surface area (Å²) in [5.41, 5.74) is 4.16. The van der Waals surface area contributed by atoms with E-state index >= 15 is 0 Å². The van der Waals surface area contributed by atoms with Crippen molar-refractivity contribution in [2.24, 2.45) is 0 Å². The highest BCUT2D eigenvalue weighted by Crippen LogP contribution is 2.30. The first-order valence-electron chi connectivity index (χ1n) is 8.68. The summed E-state index contributed by atoms with van der Waals surface area (Å²) < 4.78 is 41.5. The zero-order valence-corrected chi connectivity index (χ0v) is 16.4. The highest BCUT2D eigenvalue weighted by Gasteiger charge is 2.26. The average Bonchev–Trinajstić information content (AvgIpc) is 2.63. The lowest BCUT2D eigenvalue weighted by Crippen LogP contribution is -2.31. The fourth-order valence-corrected chi connectivity index (χ4v) is 4.39. The van der Waals surface area contributed by atoms with Crippen LogP contribution < -0.4 is 4.31 Å². The molecular weight excluding hydrogens is 361 g/mol. The molecule has 0 saturated heterocycles. The molecule has 0 radical (unpaired) electrons. The summed E-state index contributed by atoms with van der Waals surface area (Å²) in [7, 11) is -3.78. The maximum Gasteiger partial charge on any atom is 0.264 e. The maximum atomic E-state index is 13.4. The molecule has 0 fully saturated rings. The van der Waals surface area contributed by atoms with Crippen molar-refractivity contribution < 1.29 is 12.8 Å². The van der Waals surface area contributed by atoms with Crippen LogP contribution in [-0.2, 0) is 16.6 Å². The van der Waals surface area contributed by atoms with Crippen LogP contribution in [0, 0.1) is 26.6 Å². The summed E-state index contributed by atoms with van der Waals surface area (Å²) in [6, 6.07) is 18.4. The molecule has 140 valence electrons. The van der Waals surface area contributed by atoms with Gasteiger partial charge in [0.1, 0.15) is 5.82 Å². The molecule has 0 unspecified atom stereocenters. The largest absolute Gasteiger partial charge is 0.264 e. The average molecular weight is 383 g/mol. The Labute approximate surface area is 160 Å². The number of sulfonamides is 1. The second kappa shape index (κ2) is 7.53. The van der Waals surface area contributed by atoms with Crippen LogP contribution in [0.4, 0.5) is 10.1 Å². The van der Waals surface area contributed by atoms with E-state index in [9.17, 15) is 12.8 Å². The van der Waals surface area contributed by atoms with Gasteiger partial charge in [0.15, 0.2) is 0 Å². The first kappa shape index (κ1) is 19.1. The molecule has 27 heavy (non-hydrogen) atoms. The predicted molar refractivity (Wildman–Crippen MR) is 107 cm³/mol. The van der Waals surface area contributed by atoms with E-state index in [1.165, 1.54) is 16.4 Å². The van der Waals surface area contributed by atoms with E-state index in [0.29, 0.717) is 11.3 Å². The van der Waals surface area contributed by atoms with Crippen molar-refractivity contribution in [3.63, 3.8) is 0 Å². The minimum Gasteiger partial charge on any atom is -0.262 e. The fraction of sp³-hybridized carbons (Fsp3) is 0.182. The van der Waals surface area contributed by atoms with Gasteiger partial charge in [-0.2, -0.15) is 0 Å². The van der Waals surface area contributed by atoms with Gasteiger partial charge in [-0.05, 0) is 67.8 Å². The maximum absolute atomic E-state index is 13.4. The Bertz CT molecular complexity index is 1040. The SMILES string of the molecule is Cc1ccc(S(=O)(=O)N(Cc2ccc(F)cc2)c2cc(C)ccc2C)cc1. The lowest BCUT2D eigenvalue weighted by atomic mass is 10.1. The molecule has 0 aromatic heterocycles. The molecule has 0 bridgehead atoms. The molecule has 0 N–H and O–H groups in total. The van der Waals surface area contributed by atoms with E-state index in [0.717, 1.165) is 16.7 Å². The van der Waals surface area contributed by atoms with Crippen LogP contribution in [0.25, 0.3) is 0 Å². The summed E-state index contributed by atoms with van der Waals surface area (Å²) in [5.74, 6) is -0.349. The van der Waals surface area contributed by atoms with Gasteiger partial charge >= 0.3 is 0 Å². The van der Waals surface area contributed by atoms with Crippen LogP contribution in [-0.4, -0.2) is 8.42 Å². The molecule has 0 heterocycles. The van der Waals surface area contributed by atoms with Crippen molar-refractivity contribution in [2.75, 3.05) is 4.31 Å². The van der Waals surface area contributed by atoms with Crippen LogP contribution in [0.3, 0.4) is 0 Å². The molecule has 0 spiro atoms. The van der Waals surface area contributed by atoms with Crippen molar-refractivity contribution in [1.29, 1.82) is 0 Å². The standard InChI is InChI=1S/C22H22FNO2S/c1-16-5-12-21(13-6-16)27(25,26)24(15-19-8-10-20(23)11-9-19)22-14-17(2)4-7-18(22)3/h4-14H,15H2,1-3H3. The zero-order valence-electron chi connectivity index (χ0n) is 15.6. The van der Waals surface area contributed by atoms with Gasteiger partial charge in [-0.1, -0.05) is 42.0 Å². The number of hydrogen-bond acceptors (Lipinski definition) is 2. The van der Waals surface area contributed by atoms with Gasteiger partial charge < -0.3 is 0 Å². The number of nitrogens with zero attached hydrogens (tertiary/aromatic N) is 1. The normalized spacial score (nSPS) is 11.4. The molecule has 0 amide bonds. The molecule has 0 atom stereocenters. The van der Waals surface area contributed by atoms with Crippen molar-refractivity contribution in [3.8, 4) is 0 Å². The Balaban J connectivity index is 2.12. The Morgan fingerprint density at radius 3 is 2.04 bits per heavy atom. The van der Waals surface area contributed by atoms with Crippen molar-refractivity contribution in [2.45, 2.75) is 32.2 Å². The van der Waals surface area contributed by atoms with Crippen molar-refractivity contribution >= 4 is 15.7 Å². The zero-order chi connectivity index (χ0) is 19.6. The molecule has 3 aromatic carbocycles. The van der Waals surface area contributed by atoms with Crippen molar-refractivity contribution in [1.82, 2.24) is 0 Å². The molecule has 0 aliphatic rings. The molecule has 0 saturated carbocycles. The number of rotatable bonds is 5. The Kier molecular flexibility index (Phi) is 5.33. The van der Waals surface area contributed by atoms with E-state index < -0.39 is 10.0 Å². The molecule has 3 aromatic rings. The summed E-state index contributed by atoms with van der Waals surface area (Å²) in [6.07, 6.45) is 0. The van der Waals surface area contributed by atoms with Gasteiger partial charge in [-0.15, -0.1) is 0 Å². The van der Waals surface area contributed by atoms with Gasteiger partial charge in [0, 0.05) is 0 Å². The summed E-state index contributed by atoms with van der Waals surface area (Å²) in [4.78, 5) is 0.233. The van der Waals surface area contributed by atoms with Gasteiger partial charge in [0.2, 0.25) is 0 Å². The number of anilines is 1. The predicted octanol–water partition coefficient (Wildman–Crippen LogP) is 5.15. The topological polar surface area (TPSA) is 37.4 Å². The van der Waals surface area contributed by atoms with E-state index in [1.54, 1.807) is 36.4 Å². The smallest absolute Gasteiger partial charge is 0.262 e. The second-order valence-electron chi connectivity index (χ2n) is 6.74. The number of hydrogen-bond donors (Lipinski definition) is 0. The van der Waals surface area contributed by atoms with E-state index in [1.807, 2.05) is 39.0 Å². The van der Waals surface area contributed by atoms with Crippen LogP contribution in [0.15, 0.2) is 71.6 Å². The number of halogens is 1. The van der Waals surface area contributed by atoms with Crippen LogP contribution in [0.5, 0.6) is 0 Å². The van der Waals surface area contributed by atoms with Crippen LogP contribution >= 0.6 is 0 Å². The Morgan fingerprint density at radius 2 is 1.41 bits per heavy atom. The highest BCUT2D eigenvalue weighted by molar-refractivity contribution is 7.92. The molecule has 3 nitrogen and oxygen atoms in total. The van der Waals surface area contributed by atoms with Gasteiger partial charge in [0.05, 0.1) is 17.1 Å². The lowest BCUT2D eigenvalue weighted by Gasteiger charge is -2.26. The van der Waals surface area contributed by atoms with E-state index in [4.69, 9.17) is 0 Å². The molecule has 5 heteroatoms. The molecular formula is C22H22FNO2S. The third-order valence-corrected chi connectivity index (χ3v) is 6.26. The van der Waals surface area contributed by atoms with Gasteiger partial charge in [0.25, 0.3) is 10.0 Å². The van der Waals surface area contributed by atoms with Crippen molar-refractivity contribution in [3.05, 3.63) is 94.8 Å². The monoisotopic (exact) mass is 383 g/mol. The summed E-state index contributed by atoms with van der Waals surface area (Å²) in [5, 5.41) is 0. The third kappa shape index (κ3) is 4.19. The summed E-state index contributed by atoms with van der Waals surface area (Å²) >= 11 is 0. The number of benzene rings is 3. The first-order chi connectivity index (χ1) is 12.8. The van der Waals surface area contributed by atoms with Gasteiger partial charge in [-0.25, -0.2) is 12.8 Å². The quantitative estimate of drug-likeness (QED) is 0.611. The second-order valence-corrected chi connectivity index (χ2v) is 8.60. The highest BCUT2D eigenvalue weighted by atomic mass is 32.2.